The first-order valence-electron chi connectivity index (χ1n) is 8.34. The van der Waals surface area contributed by atoms with Gasteiger partial charge in [0.1, 0.15) is 11.5 Å². The molecular formula is C19H16FN5O4. The number of methoxy groups -OCH3 is 1. The number of halogens is 1. The quantitative estimate of drug-likeness (QED) is 0.283. The minimum absolute atomic E-state index is 0.0914. The molecule has 0 unspecified atom stereocenters. The molecule has 0 saturated carbocycles. The van der Waals surface area contributed by atoms with E-state index in [1.165, 1.54) is 50.6 Å². The van der Waals surface area contributed by atoms with Gasteiger partial charge in [0.05, 0.1) is 18.9 Å². The highest BCUT2D eigenvalue weighted by molar-refractivity contribution is 5.91. The number of ether oxygens (including phenoxy) is 2. The molecule has 0 aliphatic carbocycles. The summed E-state index contributed by atoms with van der Waals surface area (Å²) in [6.45, 7) is 1.54. The molecule has 0 aliphatic heterocycles. The van der Waals surface area contributed by atoms with Crippen LogP contribution < -0.4 is 20.5 Å². The summed E-state index contributed by atoms with van der Waals surface area (Å²) >= 11 is 0. The Morgan fingerprint density at radius 1 is 1.17 bits per heavy atom. The number of hydrogen-bond donors (Lipinski definition) is 2. The molecule has 3 rings (SSSR count). The lowest BCUT2D eigenvalue weighted by molar-refractivity contribution is 0.0729. The largest absolute Gasteiger partial charge is 0.493 e. The maximum Gasteiger partial charge on any atom is 0.343 e. The number of nitrogens with zero attached hydrogens (tertiary/aromatic N) is 3. The van der Waals surface area contributed by atoms with Crippen LogP contribution in [-0.4, -0.2) is 34.5 Å². The molecule has 2 N–H and O–H groups in total. The molecule has 0 radical (unpaired) electrons. The zero-order valence-electron chi connectivity index (χ0n) is 15.5. The van der Waals surface area contributed by atoms with E-state index in [1.54, 1.807) is 12.1 Å². The van der Waals surface area contributed by atoms with Crippen molar-refractivity contribution in [3.63, 3.8) is 0 Å². The monoisotopic (exact) mass is 397 g/mol. The summed E-state index contributed by atoms with van der Waals surface area (Å²) in [5.41, 5.74) is 3.26. The van der Waals surface area contributed by atoms with Gasteiger partial charge in [0.25, 0.3) is 5.56 Å². The minimum atomic E-state index is -0.645. The maximum atomic E-state index is 13.0. The fourth-order valence-electron chi connectivity index (χ4n) is 2.21. The zero-order valence-corrected chi connectivity index (χ0v) is 15.5. The average molecular weight is 397 g/mol. The van der Waals surface area contributed by atoms with Crippen molar-refractivity contribution >= 4 is 18.1 Å². The van der Waals surface area contributed by atoms with Gasteiger partial charge >= 0.3 is 5.97 Å². The SMILES string of the molecule is COc1cc(/C=N\Nc2nnc(C)c(=O)[nH]2)ccc1OC(=O)c1ccc(F)cc1. The first-order valence-corrected chi connectivity index (χ1v) is 8.34. The van der Waals surface area contributed by atoms with E-state index in [9.17, 15) is 14.0 Å². The number of benzene rings is 2. The van der Waals surface area contributed by atoms with E-state index in [4.69, 9.17) is 9.47 Å². The lowest BCUT2D eigenvalue weighted by Gasteiger charge is -2.10. The number of hydrogen-bond acceptors (Lipinski definition) is 8. The number of hydrazone groups is 1. The van der Waals surface area contributed by atoms with Crippen LogP contribution in [0.3, 0.4) is 0 Å². The molecule has 3 aromatic rings. The Kier molecular flexibility index (Phi) is 5.93. The van der Waals surface area contributed by atoms with Crippen LogP contribution in [-0.2, 0) is 0 Å². The Balaban J connectivity index is 1.70. The minimum Gasteiger partial charge on any atom is -0.493 e. The molecule has 0 fully saturated rings. The molecule has 1 heterocycles. The van der Waals surface area contributed by atoms with Crippen molar-refractivity contribution in [2.75, 3.05) is 12.5 Å². The van der Waals surface area contributed by atoms with Gasteiger partial charge in [-0.2, -0.15) is 5.10 Å². The highest BCUT2D eigenvalue weighted by Gasteiger charge is 2.13. The fourth-order valence-corrected chi connectivity index (χ4v) is 2.21. The average Bonchev–Trinajstić information content (AvgIpc) is 2.72. The van der Waals surface area contributed by atoms with Crippen LogP contribution in [0.25, 0.3) is 0 Å². The number of aryl methyl sites for hydroxylation is 1. The lowest BCUT2D eigenvalue weighted by Crippen LogP contribution is -2.15. The van der Waals surface area contributed by atoms with E-state index in [0.717, 1.165) is 0 Å². The number of aromatic amines is 1. The second kappa shape index (κ2) is 8.74. The van der Waals surface area contributed by atoms with E-state index in [1.807, 2.05) is 0 Å². The Morgan fingerprint density at radius 3 is 2.62 bits per heavy atom. The molecule has 10 heteroatoms. The van der Waals surface area contributed by atoms with Gasteiger partial charge in [-0.05, 0) is 55.0 Å². The van der Waals surface area contributed by atoms with Crippen molar-refractivity contribution in [3.8, 4) is 11.5 Å². The molecule has 148 valence electrons. The van der Waals surface area contributed by atoms with Gasteiger partial charge in [0.2, 0.25) is 5.95 Å². The summed E-state index contributed by atoms with van der Waals surface area (Å²) in [6, 6.07) is 9.78. The normalized spacial score (nSPS) is 10.7. The van der Waals surface area contributed by atoms with Crippen LogP contribution in [0.2, 0.25) is 0 Å². The molecule has 0 aliphatic rings. The van der Waals surface area contributed by atoms with Crippen LogP contribution in [0.15, 0.2) is 52.4 Å². The van der Waals surface area contributed by atoms with Gasteiger partial charge in [0.15, 0.2) is 11.5 Å². The van der Waals surface area contributed by atoms with Crippen LogP contribution in [0, 0.1) is 12.7 Å². The molecule has 9 nitrogen and oxygen atoms in total. The smallest absolute Gasteiger partial charge is 0.343 e. The predicted octanol–water partition coefficient (Wildman–Crippen LogP) is 2.29. The fraction of sp³-hybridized carbons (Fsp3) is 0.105. The van der Waals surface area contributed by atoms with E-state index in [-0.39, 0.29) is 28.5 Å². The lowest BCUT2D eigenvalue weighted by atomic mass is 10.2. The predicted molar refractivity (Wildman–Crippen MR) is 103 cm³/mol. The second-order valence-corrected chi connectivity index (χ2v) is 5.76. The van der Waals surface area contributed by atoms with Gasteiger partial charge in [0, 0.05) is 0 Å². The maximum absolute atomic E-state index is 13.0. The van der Waals surface area contributed by atoms with Gasteiger partial charge in [-0.1, -0.05) is 0 Å². The van der Waals surface area contributed by atoms with Crippen molar-refractivity contribution in [2.45, 2.75) is 6.92 Å². The van der Waals surface area contributed by atoms with Crippen LogP contribution in [0.4, 0.5) is 10.3 Å². The van der Waals surface area contributed by atoms with Crippen molar-refractivity contribution in [1.29, 1.82) is 0 Å². The molecule has 1 aromatic heterocycles. The molecule has 0 bridgehead atoms. The summed E-state index contributed by atoms with van der Waals surface area (Å²) in [5, 5.41) is 11.4. The second-order valence-electron chi connectivity index (χ2n) is 5.76. The molecule has 0 atom stereocenters. The summed E-state index contributed by atoms with van der Waals surface area (Å²) in [6.07, 6.45) is 1.45. The number of H-pyrrole nitrogens is 1. The zero-order chi connectivity index (χ0) is 20.8. The Labute approximate surface area is 164 Å². The van der Waals surface area contributed by atoms with Gasteiger partial charge in [-0.3, -0.25) is 9.78 Å². The summed E-state index contributed by atoms with van der Waals surface area (Å²) in [4.78, 5) is 26.1. The van der Waals surface area contributed by atoms with E-state index < -0.39 is 11.8 Å². The van der Waals surface area contributed by atoms with E-state index in [0.29, 0.717) is 11.3 Å². The highest BCUT2D eigenvalue weighted by atomic mass is 19.1. The third-order valence-electron chi connectivity index (χ3n) is 3.71. The number of aromatic nitrogens is 3. The number of carbonyl (C=O) groups is 1. The number of esters is 1. The topological polar surface area (TPSA) is 119 Å². The number of anilines is 1. The van der Waals surface area contributed by atoms with Crippen LogP contribution in [0.1, 0.15) is 21.6 Å². The first kappa shape index (κ1) is 19.7. The van der Waals surface area contributed by atoms with Crippen molar-refractivity contribution in [3.05, 3.63) is 75.5 Å². The molecule has 0 amide bonds. The Bertz CT molecular complexity index is 1110. The third kappa shape index (κ3) is 5.01. The van der Waals surface area contributed by atoms with Crippen LogP contribution in [0.5, 0.6) is 11.5 Å². The van der Waals surface area contributed by atoms with E-state index >= 15 is 0 Å². The molecule has 0 spiro atoms. The van der Waals surface area contributed by atoms with Crippen LogP contribution >= 0.6 is 0 Å². The van der Waals surface area contributed by atoms with Gasteiger partial charge in [-0.25, -0.2) is 14.6 Å². The summed E-state index contributed by atoms with van der Waals surface area (Å²) in [7, 11) is 1.43. The molecular weight excluding hydrogens is 381 g/mol. The molecule has 2 aromatic carbocycles. The van der Waals surface area contributed by atoms with Gasteiger partial charge in [-0.15, -0.1) is 10.2 Å². The van der Waals surface area contributed by atoms with Crippen molar-refractivity contribution < 1.29 is 18.7 Å². The Morgan fingerprint density at radius 2 is 1.93 bits per heavy atom. The van der Waals surface area contributed by atoms with E-state index in [2.05, 4.69) is 25.7 Å². The molecule has 29 heavy (non-hydrogen) atoms. The van der Waals surface area contributed by atoms with Crippen molar-refractivity contribution in [2.24, 2.45) is 5.10 Å². The van der Waals surface area contributed by atoms with Gasteiger partial charge < -0.3 is 9.47 Å². The summed E-state index contributed by atoms with van der Waals surface area (Å²) in [5.74, 6) is -0.507. The molecule has 0 saturated heterocycles. The highest BCUT2D eigenvalue weighted by Crippen LogP contribution is 2.28. The number of nitrogens with one attached hydrogen (secondary N) is 2. The standard InChI is InChI=1S/C19H16FN5O4/c1-11-17(26)22-19(25-23-11)24-21-10-12-3-8-15(16(9-12)28-2)29-18(27)13-4-6-14(20)7-5-13/h3-10H,1-2H3,(H2,22,24,25,26)/b21-10-. The Hall–Kier alpha value is -4.08. The first-order chi connectivity index (χ1) is 14.0. The third-order valence-corrected chi connectivity index (χ3v) is 3.71. The van der Waals surface area contributed by atoms with Crippen molar-refractivity contribution in [1.82, 2.24) is 15.2 Å². The number of carbonyl (C=O) groups excluding carboxylic acids is 1. The number of rotatable bonds is 6. The summed E-state index contributed by atoms with van der Waals surface area (Å²) < 4.78 is 23.5.